The van der Waals surface area contributed by atoms with Gasteiger partial charge in [0.05, 0.1) is 34.8 Å². The zero-order valence-corrected chi connectivity index (χ0v) is 20.3. The third-order valence-electron chi connectivity index (χ3n) is 5.81. The van der Waals surface area contributed by atoms with Gasteiger partial charge in [-0.2, -0.15) is 0 Å². The molecule has 11 heteroatoms. The second kappa shape index (κ2) is 10.6. The number of urea groups is 1. The minimum Gasteiger partial charge on any atom is -0.481 e. The number of Topliss-reactive ketones (excluding diaryl/α,β-unsaturated/α-hetero) is 1. The number of hydrogen-bond donors (Lipinski definition) is 3. The maximum Gasteiger partial charge on any atom is 0.325 e. The summed E-state index contributed by atoms with van der Waals surface area (Å²) in [6.07, 6.45) is 3.57. The molecule has 0 unspecified atom stereocenters. The van der Waals surface area contributed by atoms with Crippen molar-refractivity contribution in [3.63, 3.8) is 0 Å². The lowest BCUT2D eigenvalue weighted by Crippen LogP contribution is -2.36. The number of anilines is 3. The minimum atomic E-state index is -1.01. The molecule has 9 nitrogen and oxygen atoms in total. The number of nitrogens with one attached hydrogen (secondary N) is 2. The van der Waals surface area contributed by atoms with Crippen molar-refractivity contribution >= 4 is 61.6 Å². The number of aliphatic carboxylic acids is 1. The largest absolute Gasteiger partial charge is 0.481 e. The topological polar surface area (TPSA) is 121 Å². The lowest BCUT2D eigenvalue weighted by Gasteiger charge is -2.29. The van der Waals surface area contributed by atoms with Gasteiger partial charge in [0.2, 0.25) is 0 Å². The van der Waals surface area contributed by atoms with E-state index >= 15 is 0 Å². The van der Waals surface area contributed by atoms with E-state index in [0.717, 1.165) is 55.8 Å². The number of ether oxygens (including phenoxy) is 1. The summed E-state index contributed by atoms with van der Waals surface area (Å²) >= 11 is 4.41. The van der Waals surface area contributed by atoms with Gasteiger partial charge in [-0.1, -0.05) is 24.2 Å². The molecule has 4 rings (SSSR count). The van der Waals surface area contributed by atoms with E-state index in [9.17, 15) is 14.4 Å². The Bertz CT molecular complexity index is 1050. The molecule has 1 aliphatic carbocycles. The van der Waals surface area contributed by atoms with Gasteiger partial charge in [-0.25, -0.2) is 9.78 Å². The molecule has 1 aliphatic heterocycles. The predicted molar refractivity (Wildman–Crippen MR) is 130 cm³/mol. The Morgan fingerprint density at radius 3 is 2.61 bits per heavy atom. The molecule has 0 radical (unpaired) electrons. The highest BCUT2D eigenvalue weighted by Gasteiger charge is 2.27. The molecular weight excluding hydrogens is 512 g/mol. The number of carbonyl (C=O) groups excluding carboxylic acids is 2. The molecule has 0 atom stereocenters. The number of carbonyl (C=O) groups is 3. The van der Waals surface area contributed by atoms with E-state index in [4.69, 9.17) is 9.84 Å². The maximum atomic E-state index is 13.3. The van der Waals surface area contributed by atoms with Crippen molar-refractivity contribution in [2.45, 2.75) is 32.1 Å². The second-order valence-corrected chi connectivity index (χ2v) is 10.4. The number of thiazole rings is 1. The Morgan fingerprint density at radius 1 is 1.18 bits per heavy atom. The smallest absolute Gasteiger partial charge is 0.325 e. The van der Waals surface area contributed by atoms with Crippen LogP contribution in [0.4, 0.5) is 21.3 Å². The Balaban J connectivity index is 1.53. The first kappa shape index (κ1) is 23.7. The summed E-state index contributed by atoms with van der Waals surface area (Å²) < 4.78 is 5.98. The third-order valence-corrected chi connectivity index (χ3v) is 7.55. The molecule has 2 aliphatic rings. The summed E-state index contributed by atoms with van der Waals surface area (Å²) in [6.45, 7) is 2.78. The molecule has 0 bridgehead atoms. The normalized spacial score (nSPS) is 16.6. The van der Waals surface area contributed by atoms with Crippen molar-refractivity contribution in [3.05, 3.63) is 33.2 Å². The fraction of sp³-hybridized carbons (Fsp3) is 0.455. The Kier molecular flexibility index (Phi) is 7.61. The van der Waals surface area contributed by atoms with Crippen molar-refractivity contribution in [3.8, 4) is 0 Å². The molecule has 1 aromatic heterocycles. The van der Waals surface area contributed by atoms with Gasteiger partial charge in [0.25, 0.3) is 0 Å². The van der Waals surface area contributed by atoms with Gasteiger partial charge in [0.1, 0.15) is 0 Å². The fourth-order valence-electron chi connectivity index (χ4n) is 4.16. The van der Waals surface area contributed by atoms with Crippen LogP contribution in [0, 0.1) is 5.92 Å². The molecule has 2 heterocycles. The summed E-state index contributed by atoms with van der Waals surface area (Å²) in [6, 6.07) is 4.99. The SMILES string of the molecule is O=C(O)Cc1nc(NC(=O)Nc2ccc(N3CCOCC3)cc2C(=O)C2CCCC2)sc1Br. The highest BCUT2D eigenvalue weighted by atomic mass is 79.9. The lowest BCUT2D eigenvalue weighted by atomic mass is 9.94. The summed E-state index contributed by atoms with van der Waals surface area (Å²) in [5.74, 6) is -0.979. The van der Waals surface area contributed by atoms with Gasteiger partial charge < -0.3 is 20.1 Å². The first-order chi connectivity index (χ1) is 15.9. The van der Waals surface area contributed by atoms with E-state index in [2.05, 4.69) is 36.4 Å². The van der Waals surface area contributed by atoms with Crippen molar-refractivity contribution in [2.75, 3.05) is 41.8 Å². The number of ketones is 1. The number of hydrogen-bond acceptors (Lipinski definition) is 7. The first-order valence-corrected chi connectivity index (χ1v) is 12.5. The van der Waals surface area contributed by atoms with Crippen molar-refractivity contribution in [1.82, 2.24) is 4.98 Å². The maximum absolute atomic E-state index is 13.3. The predicted octanol–water partition coefficient (Wildman–Crippen LogP) is 4.39. The molecule has 1 aromatic carbocycles. The minimum absolute atomic E-state index is 0.0259. The van der Waals surface area contributed by atoms with Crippen LogP contribution in [0.3, 0.4) is 0 Å². The monoisotopic (exact) mass is 536 g/mol. The average Bonchev–Trinajstić information content (AvgIpc) is 3.44. The lowest BCUT2D eigenvalue weighted by molar-refractivity contribution is -0.136. The molecule has 3 N–H and O–H groups in total. The van der Waals surface area contributed by atoms with Gasteiger partial charge in [-0.3, -0.25) is 14.9 Å². The number of nitrogens with zero attached hydrogens (tertiary/aromatic N) is 2. The van der Waals surface area contributed by atoms with Crippen LogP contribution < -0.4 is 15.5 Å². The van der Waals surface area contributed by atoms with Crippen LogP contribution in [-0.4, -0.2) is 54.2 Å². The Hall–Kier alpha value is -2.50. The molecule has 1 saturated carbocycles. The van der Waals surface area contributed by atoms with E-state index in [1.54, 1.807) is 6.07 Å². The summed E-state index contributed by atoms with van der Waals surface area (Å²) in [5.41, 5.74) is 2.23. The van der Waals surface area contributed by atoms with Crippen LogP contribution in [0.25, 0.3) is 0 Å². The van der Waals surface area contributed by atoms with Crippen LogP contribution in [0.5, 0.6) is 0 Å². The van der Waals surface area contributed by atoms with E-state index < -0.39 is 12.0 Å². The van der Waals surface area contributed by atoms with Gasteiger partial charge in [-0.15, -0.1) is 0 Å². The van der Waals surface area contributed by atoms with E-state index in [1.807, 2.05) is 12.1 Å². The van der Waals surface area contributed by atoms with Crippen LogP contribution in [-0.2, 0) is 16.0 Å². The number of aromatic nitrogens is 1. The van der Waals surface area contributed by atoms with Crippen molar-refractivity contribution in [1.29, 1.82) is 0 Å². The molecule has 2 fully saturated rings. The summed E-state index contributed by atoms with van der Waals surface area (Å²) in [4.78, 5) is 43.3. The van der Waals surface area contributed by atoms with Crippen molar-refractivity contribution < 1.29 is 24.2 Å². The quantitative estimate of drug-likeness (QED) is 0.448. The number of carboxylic acid groups (broad SMARTS) is 1. The number of carboxylic acids is 1. The van der Waals surface area contributed by atoms with Crippen molar-refractivity contribution in [2.24, 2.45) is 5.92 Å². The number of rotatable bonds is 7. The number of morpholine rings is 1. The van der Waals surface area contributed by atoms with Gasteiger partial charge >= 0.3 is 12.0 Å². The zero-order valence-electron chi connectivity index (χ0n) is 17.9. The number of benzene rings is 1. The molecule has 33 heavy (non-hydrogen) atoms. The summed E-state index contributed by atoms with van der Waals surface area (Å²) in [7, 11) is 0. The molecule has 176 valence electrons. The van der Waals surface area contributed by atoms with Gasteiger partial charge in [0.15, 0.2) is 10.9 Å². The third kappa shape index (κ3) is 5.90. The molecule has 1 saturated heterocycles. The van der Waals surface area contributed by atoms with Gasteiger partial charge in [-0.05, 0) is 47.0 Å². The van der Waals surface area contributed by atoms with Crippen LogP contribution in [0.15, 0.2) is 22.0 Å². The standard InChI is InChI=1S/C22H25BrN4O5S/c23-20-17(12-18(28)29)25-22(33-20)26-21(31)24-16-6-5-14(27-7-9-32-10-8-27)11-15(16)19(30)13-3-1-2-4-13/h5-6,11,13H,1-4,7-10,12H2,(H,28,29)(H2,24,25,26,31). The van der Waals surface area contributed by atoms with Crippen LogP contribution in [0.1, 0.15) is 41.7 Å². The highest BCUT2D eigenvalue weighted by Crippen LogP contribution is 2.33. The van der Waals surface area contributed by atoms with E-state index in [-0.39, 0.29) is 23.3 Å². The molecule has 0 spiro atoms. The fourth-order valence-corrected chi connectivity index (χ4v) is 5.55. The molecular formula is C22H25BrN4O5S. The molecule has 2 amide bonds. The summed E-state index contributed by atoms with van der Waals surface area (Å²) in [5, 5.41) is 14.7. The number of amides is 2. The zero-order chi connectivity index (χ0) is 23.4. The molecule has 2 aromatic rings. The second-order valence-electron chi connectivity index (χ2n) is 8.06. The van der Waals surface area contributed by atoms with Gasteiger partial charge in [0, 0.05) is 30.3 Å². The Morgan fingerprint density at radius 2 is 1.91 bits per heavy atom. The van der Waals surface area contributed by atoms with Crippen LogP contribution >= 0.6 is 27.3 Å². The first-order valence-electron chi connectivity index (χ1n) is 10.9. The van der Waals surface area contributed by atoms with E-state index in [1.165, 1.54) is 0 Å². The van der Waals surface area contributed by atoms with E-state index in [0.29, 0.717) is 33.9 Å². The highest BCUT2D eigenvalue weighted by molar-refractivity contribution is 9.11. The average molecular weight is 537 g/mol. The van der Waals surface area contributed by atoms with Crippen LogP contribution in [0.2, 0.25) is 0 Å². The Labute approximate surface area is 203 Å². The number of halogens is 1.